The van der Waals surface area contributed by atoms with Crippen molar-refractivity contribution < 1.29 is 0 Å². The average Bonchev–Trinajstić information content (AvgIpc) is 2.60. The van der Waals surface area contributed by atoms with Crippen LogP contribution in [0.3, 0.4) is 0 Å². The number of aromatic nitrogens is 1. The number of thiazole rings is 1. The van der Waals surface area contributed by atoms with Gasteiger partial charge in [0.05, 0.1) is 12.2 Å². The minimum absolute atomic E-state index is 0.787. The molecule has 2 nitrogen and oxygen atoms in total. The molecule has 0 unspecified atom stereocenters. The summed E-state index contributed by atoms with van der Waals surface area (Å²) < 4.78 is 1.13. The third-order valence-corrected chi connectivity index (χ3v) is 4.62. The van der Waals surface area contributed by atoms with Crippen molar-refractivity contribution in [3.8, 4) is 0 Å². The maximum absolute atomic E-state index is 4.51. The lowest BCUT2D eigenvalue weighted by molar-refractivity contribution is 1.07. The second kappa shape index (κ2) is 5.19. The highest BCUT2D eigenvalue weighted by Crippen LogP contribution is 2.22. The van der Waals surface area contributed by atoms with E-state index in [-0.39, 0.29) is 0 Å². The van der Waals surface area contributed by atoms with Gasteiger partial charge in [0, 0.05) is 15.0 Å². The standard InChI is InChI=1S/C13H15BrN2S/c1-8-4-5-11(6-12(8)14)15-7-13-16-9(2)10(3)17-13/h4-6,15H,7H2,1-3H3. The predicted molar refractivity (Wildman–Crippen MR) is 77.8 cm³/mol. The molecule has 0 atom stereocenters. The number of benzene rings is 1. The number of halogens is 1. The van der Waals surface area contributed by atoms with E-state index >= 15 is 0 Å². The molecule has 0 radical (unpaired) electrons. The summed E-state index contributed by atoms with van der Waals surface area (Å²) in [5.74, 6) is 0. The summed E-state index contributed by atoms with van der Waals surface area (Å²) in [6.45, 7) is 7.03. The van der Waals surface area contributed by atoms with Crippen molar-refractivity contribution in [2.24, 2.45) is 0 Å². The van der Waals surface area contributed by atoms with Gasteiger partial charge in [0.2, 0.25) is 0 Å². The molecule has 0 fully saturated rings. The summed E-state index contributed by atoms with van der Waals surface area (Å²) in [6, 6.07) is 6.29. The zero-order valence-corrected chi connectivity index (χ0v) is 12.6. The van der Waals surface area contributed by atoms with Crippen molar-refractivity contribution in [1.29, 1.82) is 0 Å². The van der Waals surface area contributed by atoms with E-state index in [1.165, 1.54) is 10.4 Å². The van der Waals surface area contributed by atoms with E-state index in [2.05, 4.69) is 65.2 Å². The molecule has 0 amide bonds. The molecule has 1 N–H and O–H groups in total. The molecule has 0 spiro atoms. The number of nitrogens with zero attached hydrogens (tertiary/aromatic N) is 1. The minimum Gasteiger partial charge on any atom is -0.378 e. The normalized spacial score (nSPS) is 10.6. The van der Waals surface area contributed by atoms with Gasteiger partial charge >= 0.3 is 0 Å². The summed E-state index contributed by atoms with van der Waals surface area (Å²) in [5.41, 5.74) is 3.50. The van der Waals surface area contributed by atoms with Crippen molar-refractivity contribution in [2.45, 2.75) is 27.3 Å². The molecule has 1 aromatic carbocycles. The highest BCUT2D eigenvalue weighted by Gasteiger charge is 2.03. The molecule has 0 bridgehead atoms. The van der Waals surface area contributed by atoms with E-state index in [0.29, 0.717) is 0 Å². The Morgan fingerprint density at radius 3 is 2.65 bits per heavy atom. The third-order valence-electron chi connectivity index (χ3n) is 2.69. The Morgan fingerprint density at radius 1 is 1.29 bits per heavy atom. The summed E-state index contributed by atoms with van der Waals surface area (Å²) >= 11 is 5.29. The second-order valence-electron chi connectivity index (χ2n) is 4.07. The molecule has 0 aliphatic heterocycles. The predicted octanol–water partition coefficient (Wildman–Crippen LogP) is 4.44. The van der Waals surface area contributed by atoms with Gasteiger partial charge in [0.25, 0.3) is 0 Å². The molecule has 1 heterocycles. The molecule has 17 heavy (non-hydrogen) atoms. The number of nitrogens with one attached hydrogen (secondary N) is 1. The van der Waals surface area contributed by atoms with E-state index in [4.69, 9.17) is 0 Å². The summed E-state index contributed by atoms with van der Waals surface area (Å²) in [5, 5.41) is 4.52. The van der Waals surface area contributed by atoms with Crippen LogP contribution in [-0.2, 0) is 6.54 Å². The quantitative estimate of drug-likeness (QED) is 0.906. The van der Waals surface area contributed by atoms with Gasteiger partial charge in [-0.2, -0.15) is 0 Å². The lowest BCUT2D eigenvalue weighted by Gasteiger charge is -2.06. The molecule has 2 rings (SSSR count). The van der Waals surface area contributed by atoms with Crippen LogP contribution in [0.25, 0.3) is 0 Å². The fourth-order valence-electron chi connectivity index (χ4n) is 1.50. The van der Waals surface area contributed by atoms with Crippen molar-refractivity contribution in [3.63, 3.8) is 0 Å². The molecule has 0 saturated carbocycles. The smallest absolute Gasteiger partial charge is 0.112 e. The second-order valence-corrected chi connectivity index (χ2v) is 6.21. The SMILES string of the molecule is Cc1ccc(NCc2nc(C)c(C)s2)cc1Br. The fraction of sp³-hybridized carbons (Fsp3) is 0.308. The maximum Gasteiger partial charge on any atom is 0.112 e. The zero-order chi connectivity index (χ0) is 12.4. The van der Waals surface area contributed by atoms with Crippen LogP contribution in [0.15, 0.2) is 22.7 Å². The Balaban J connectivity index is 2.04. The van der Waals surface area contributed by atoms with Gasteiger partial charge in [-0.3, -0.25) is 0 Å². The van der Waals surface area contributed by atoms with Crippen molar-refractivity contribution >= 4 is 33.0 Å². The molecule has 4 heteroatoms. The van der Waals surface area contributed by atoms with Crippen molar-refractivity contribution in [2.75, 3.05) is 5.32 Å². The number of anilines is 1. The van der Waals surface area contributed by atoms with Crippen LogP contribution in [0, 0.1) is 20.8 Å². The van der Waals surface area contributed by atoms with E-state index in [1.807, 2.05) is 0 Å². The van der Waals surface area contributed by atoms with E-state index in [1.54, 1.807) is 11.3 Å². The van der Waals surface area contributed by atoms with Crippen LogP contribution < -0.4 is 5.32 Å². The first-order chi connectivity index (χ1) is 8.06. The van der Waals surface area contributed by atoms with Gasteiger partial charge in [0.1, 0.15) is 5.01 Å². The lowest BCUT2D eigenvalue weighted by Crippen LogP contribution is -1.99. The van der Waals surface area contributed by atoms with Crippen LogP contribution in [0.4, 0.5) is 5.69 Å². The molecular formula is C13H15BrN2S. The van der Waals surface area contributed by atoms with Crippen LogP contribution in [0.1, 0.15) is 21.1 Å². The number of hydrogen-bond donors (Lipinski definition) is 1. The van der Waals surface area contributed by atoms with E-state index in [0.717, 1.165) is 27.4 Å². The first kappa shape index (κ1) is 12.6. The van der Waals surface area contributed by atoms with Gasteiger partial charge in [-0.05, 0) is 38.5 Å². The minimum atomic E-state index is 0.787. The Morgan fingerprint density at radius 2 is 2.06 bits per heavy atom. The Hall–Kier alpha value is -0.870. The van der Waals surface area contributed by atoms with E-state index in [9.17, 15) is 0 Å². The number of aryl methyl sites for hydroxylation is 3. The summed E-state index contributed by atoms with van der Waals surface area (Å²) in [4.78, 5) is 5.81. The zero-order valence-electron chi connectivity index (χ0n) is 10.2. The highest BCUT2D eigenvalue weighted by molar-refractivity contribution is 9.10. The molecule has 0 saturated heterocycles. The number of hydrogen-bond acceptors (Lipinski definition) is 3. The maximum atomic E-state index is 4.51. The summed E-state index contributed by atoms with van der Waals surface area (Å²) in [7, 11) is 0. The van der Waals surface area contributed by atoms with Gasteiger partial charge in [0.15, 0.2) is 0 Å². The van der Waals surface area contributed by atoms with Crippen LogP contribution in [0.5, 0.6) is 0 Å². The first-order valence-electron chi connectivity index (χ1n) is 5.49. The first-order valence-corrected chi connectivity index (χ1v) is 7.10. The third kappa shape index (κ3) is 3.07. The number of rotatable bonds is 3. The Kier molecular flexibility index (Phi) is 3.84. The molecule has 2 aromatic rings. The lowest BCUT2D eigenvalue weighted by atomic mass is 10.2. The van der Waals surface area contributed by atoms with Crippen LogP contribution in [-0.4, -0.2) is 4.98 Å². The molecule has 0 aliphatic rings. The van der Waals surface area contributed by atoms with Crippen LogP contribution in [0.2, 0.25) is 0 Å². The Bertz CT molecular complexity index is 515. The highest BCUT2D eigenvalue weighted by atomic mass is 79.9. The fourth-order valence-corrected chi connectivity index (χ4v) is 2.75. The molecule has 1 aromatic heterocycles. The Labute approximate surface area is 114 Å². The van der Waals surface area contributed by atoms with Gasteiger partial charge in [-0.15, -0.1) is 11.3 Å². The summed E-state index contributed by atoms with van der Waals surface area (Å²) in [6.07, 6.45) is 0. The van der Waals surface area contributed by atoms with Crippen molar-refractivity contribution in [1.82, 2.24) is 4.98 Å². The molecule has 90 valence electrons. The van der Waals surface area contributed by atoms with Gasteiger partial charge in [-0.1, -0.05) is 22.0 Å². The average molecular weight is 311 g/mol. The van der Waals surface area contributed by atoms with Crippen molar-refractivity contribution in [3.05, 3.63) is 43.8 Å². The van der Waals surface area contributed by atoms with Gasteiger partial charge < -0.3 is 5.32 Å². The van der Waals surface area contributed by atoms with Crippen LogP contribution >= 0.6 is 27.3 Å². The monoisotopic (exact) mass is 310 g/mol. The van der Waals surface area contributed by atoms with E-state index < -0.39 is 0 Å². The van der Waals surface area contributed by atoms with Gasteiger partial charge in [-0.25, -0.2) is 4.98 Å². The topological polar surface area (TPSA) is 24.9 Å². The molecular weight excluding hydrogens is 296 g/mol. The largest absolute Gasteiger partial charge is 0.378 e. The molecule has 0 aliphatic carbocycles.